The summed E-state index contributed by atoms with van der Waals surface area (Å²) in [6, 6.07) is 3.71. The number of ether oxygens (including phenoxy) is 1. The van der Waals surface area contributed by atoms with E-state index in [4.69, 9.17) is 11.6 Å². The van der Waals surface area contributed by atoms with Gasteiger partial charge in [0.15, 0.2) is 0 Å². The van der Waals surface area contributed by atoms with Gasteiger partial charge in [-0.2, -0.15) is 13.2 Å². The maximum atomic E-state index is 12.4. The van der Waals surface area contributed by atoms with Gasteiger partial charge in [-0.25, -0.2) is 0 Å². The van der Waals surface area contributed by atoms with Gasteiger partial charge in [-0.1, -0.05) is 23.7 Å². The second-order valence-electron chi connectivity index (χ2n) is 2.74. The van der Waals surface area contributed by atoms with E-state index in [1.807, 2.05) is 0 Å². The van der Waals surface area contributed by atoms with E-state index in [2.05, 4.69) is 4.74 Å². The van der Waals surface area contributed by atoms with Crippen molar-refractivity contribution >= 4 is 17.7 Å². The van der Waals surface area contributed by atoms with E-state index in [0.717, 1.165) is 6.07 Å². The van der Waals surface area contributed by atoms with Crippen molar-refractivity contribution in [3.63, 3.8) is 0 Å². The van der Waals surface area contributed by atoms with Gasteiger partial charge in [0.1, 0.15) is 0 Å². The van der Waals surface area contributed by atoms with E-state index in [1.54, 1.807) is 0 Å². The lowest BCUT2D eigenvalue weighted by Gasteiger charge is -2.10. The van der Waals surface area contributed by atoms with Gasteiger partial charge < -0.3 is 4.74 Å². The average Bonchev–Trinajstić information content (AvgIpc) is 2.14. The molecule has 0 spiro atoms. The van der Waals surface area contributed by atoms with E-state index in [-0.39, 0.29) is 10.6 Å². The third-order valence-electron chi connectivity index (χ3n) is 1.72. The molecule has 0 heterocycles. The molecule has 1 rings (SSSR count). The van der Waals surface area contributed by atoms with E-state index >= 15 is 0 Å². The molecule has 0 saturated carbocycles. The quantitative estimate of drug-likeness (QED) is 0.706. The van der Waals surface area contributed by atoms with Crippen LogP contribution in [0.4, 0.5) is 13.2 Å². The average molecular weight is 237 g/mol. The highest BCUT2D eigenvalue weighted by atomic mass is 35.5. The van der Waals surface area contributed by atoms with Crippen molar-refractivity contribution in [3.8, 4) is 0 Å². The summed E-state index contributed by atoms with van der Waals surface area (Å²) in [6.07, 6.45) is -1.80. The van der Waals surface area contributed by atoms with Gasteiger partial charge in [-0.15, -0.1) is 0 Å². The largest absolute Gasteiger partial charge is 0.504 e. The van der Waals surface area contributed by atoms with Gasteiger partial charge in [0.2, 0.25) is 0 Å². The van der Waals surface area contributed by atoms with Gasteiger partial charge in [-0.3, -0.25) is 0 Å². The number of halogens is 4. The molecule has 0 amide bonds. The van der Waals surface area contributed by atoms with Gasteiger partial charge in [-0.05, 0) is 17.7 Å². The Bertz CT molecular complexity index is 371. The van der Waals surface area contributed by atoms with Crippen molar-refractivity contribution in [2.75, 3.05) is 7.11 Å². The summed E-state index contributed by atoms with van der Waals surface area (Å²) in [6.45, 7) is 0. The molecule has 5 heteroatoms. The Morgan fingerprint density at radius 2 is 2.00 bits per heavy atom. The van der Waals surface area contributed by atoms with Crippen LogP contribution in [0.3, 0.4) is 0 Å². The second-order valence-corrected chi connectivity index (χ2v) is 3.12. The molecule has 0 N–H and O–H groups in total. The summed E-state index contributed by atoms with van der Waals surface area (Å²) in [7, 11) is 1.40. The third kappa shape index (κ3) is 2.89. The molecule has 0 aliphatic carbocycles. The van der Waals surface area contributed by atoms with Crippen LogP contribution in [-0.2, 0) is 10.9 Å². The predicted octanol–water partition coefficient (Wildman–Crippen LogP) is 3.98. The van der Waals surface area contributed by atoms with Crippen molar-refractivity contribution in [2.45, 2.75) is 6.18 Å². The summed E-state index contributed by atoms with van der Waals surface area (Å²) in [5.41, 5.74) is -0.573. The Labute approximate surface area is 90.1 Å². The molecule has 0 fully saturated rings. The lowest BCUT2D eigenvalue weighted by atomic mass is 10.1. The Kier molecular flexibility index (Phi) is 3.63. The fourth-order valence-corrected chi connectivity index (χ4v) is 1.33. The maximum Gasteiger partial charge on any atom is 0.417 e. The fourth-order valence-electron chi connectivity index (χ4n) is 1.04. The van der Waals surface area contributed by atoms with Crippen LogP contribution in [-0.4, -0.2) is 7.11 Å². The minimum absolute atomic E-state index is 0.272. The van der Waals surface area contributed by atoms with Crippen LogP contribution in [0.25, 0.3) is 6.08 Å². The highest BCUT2D eigenvalue weighted by Gasteiger charge is 2.33. The molecule has 0 unspecified atom stereocenters. The van der Waals surface area contributed by atoms with Crippen LogP contribution in [0.15, 0.2) is 24.5 Å². The highest BCUT2D eigenvalue weighted by Crippen LogP contribution is 2.36. The summed E-state index contributed by atoms with van der Waals surface area (Å²) < 4.78 is 41.8. The van der Waals surface area contributed by atoms with E-state index in [9.17, 15) is 13.2 Å². The lowest BCUT2D eigenvalue weighted by molar-refractivity contribution is -0.137. The van der Waals surface area contributed by atoms with E-state index in [1.165, 1.54) is 31.6 Å². The van der Waals surface area contributed by atoms with Crippen LogP contribution in [0.5, 0.6) is 0 Å². The first-order chi connectivity index (χ1) is 6.96. The van der Waals surface area contributed by atoms with Gasteiger partial charge in [0, 0.05) is 0 Å². The van der Waals surface area contributed by atoms with E-state index in [0.29, 0.717) is 0 Å². The monoisotopic (exact) mass is 236 g/mol. The summed E-state index contributed by atoms with van der Waals surface area (Å²) in [5, 5.41) is -0.321. The van der Waals surface area contributed by atoms with Gasteiger partial charge in [0.05, 0.1) is 24.0 Å². The van der Waals surface area contributed by atoms with Crippen LogP contribution in [0, 0.1) is 0 Å². The minimum Gasteiger partial charge on any atom is -0.504 e. The SMILES string of the molecule is COC=Cc1cccc(C(F)(F)F)c1Cl. The summed E-state index contributed by atoms with van der Waals surface area (Å²) in [5.74, 6) is 0. The van der Waals surface area contributed by atoms with Crippen molar-refractivity contribution in [1.82, 2.24) is 0 Å². The molecular weight excluding hydrogens is 229 g/mol. The van der Waals surface area contributed by atoms with E-state index < -0.39 is 11.7 Å². The number of hydrogen-bond acceptors (Lipinski definition) is 1. The first-order valence-corrected chi connectivity index (χ1v) is 4.39. The molecular formula is C10H8ClF3O. The zero-order valence-electron chi connectivity index (χ0n) is 7.81. The maximum absolute atomic E-state index is 12.4. The Hall–Kier alpha value is -1.16. The molecule has 1 aromatic rings. The molecule has 1 aromatic carbocycles. The highest BCUT2D eigenvalue weighted by molar-refractivity contribution is 6.32. The molecule has 0 saturated heterocycles. The lowest BCUT2D eigenvalue weighted by Crippen LogP contribution is -2.06. The topological polar surface area (TPSA) is 9.23 Å². The number of alkyl halides is 3. The molecule has 15 heavy (non-hydrogen) atoms. The normalized spacial score (nSPS) is 12.1. The summed E-state index contributed by atoms with van der Waals surface area (Å²) >= 11 is 5.60. The summed E-state index contributed by atoms with van der Waals surface area (Å²) in [4.78, 5) is 0. The van der Waals surface area contributed by atoms with Gasteiger partial charge >= 0.3 is 6.18 Å². The molecule has 0 radical (unpaired) electrons. The molecule has 0 aliphatic rings. The fraction of sp³-hybridized carbons (Fsp3) is 0.200. The smallest absolute Gasteiger partial charge is 0.417 e. The Morgan fingerprint density at radius 1 is 1.33 bits per heavy atom. The Balaban J connectivity index is 3.17. The zero-order chi connectivity index (χ0) is 11.5. The van der Waals surface area contributed by atoms with Crippen molar-refractivity contribution in [3.05, 3.63) is 40.6 Å². The second kappa shape index (κ2) is 4.57. The zero-order valence-corrected chi connectivity index (χ0v) is 8.56. The molecule has 82 valence electrons. The minimum atomic E-state index is -4.44. The van der Waals surface area contributed by atoms with Crippen LogP contribution in [0.2, 0.25) is 5.02 Å². The van der Waals surface area contributed by atoms with Crippen molar-refractivity contribution in [1.29, 1.82) is 0 Å². The van der Waals surface area contributed by atoms with Gasteiger partial charge in [0.25, 0.3) is 0 Å². The van der Waals surface area contributed by atoms with Crippen molar-refractivity contribution in [2.24, 2.45) is 0 Å². The first-order valence-electron chi connectivity index (χ1n) is 4.02. The van der Waals surface area contributed by atoms with Crippen molar-refractivity contribution < 1.29 is 17.9 Å². The standard InChI is InChI=1S/C10H8ClF3O/c1-15-6-5-7-3-2-4-8(9(7)11)10(12,13)14/h2-6H,1H3. The molecule has 0 aliphatic heterocycles. The number of rotatable bonds is 2. The molecule has 0 atom stereocenters. The Morgan fingerprint density at radius 3 is 2.53 bits per heavy atom. The predicted molar refractivity (Wildman–Crippen MR) is 52.5 cm³/mol. The number of hydrogen-bond donors (Lipinski definition) is 0. The number of benzene rings is 1. The first kappa shape index (κ1) is 11.9. The molecule has 0 bridgehead atoms. The molecule has 1 nitrogen and oxygen atoms in total. The van der Waals surface area contributed by atoms with Crippen LogP contribution < -0.4 is 0 Å². The third-order valence-corrected chi connectivity index (χ3v) is 2.14. The van der Waals surface area contributed by atoms with Crippen LogP contribution >= 0.6 is 11.6 Å². The molecule has 0 aromatic heterocycles. The number of methoxy groups -OCH3 is 1. The van der Waals surface area contributed by atoms with Crippen LogP contribution in [0.1, 0.15) is 11.1 Å².